The van der Waals surface area contributed by atoms with Gasteiger partial charge in [0.2, 0.25) is 5.89 Å². The number of benzene rings is 3. The summed E-state index contributed by atoms with van der Waals surface area (Å²) in [5.41, 5.74) is 2.00. The van der Waals surface area contributed by atoms with E-state index in [0.29, 0.717) is 33.7 Å². The standard InChI is InChI=1S/C23H17ClN2O3/c1-15(22-25-26-23(29-22)18-5-3-2-4-6-18)28-20-13-9-17(10-14-20)21(27)16-7-11-19(24)12-8-16/h2-15H,1H3/t15-/m1/s1. The van der Waals surface area contributed by atoms with Gasteiger partial charge >= 0.3 is 0 Å². The summed E-state index contributed by atoms with van der Waals surface area (Å²) in [5, 5.41) is 8.74. The van der Waals surface area contributed by atoms with Crippen LogP contribution in [0.3, 0.4) is 0 Å². The van der Waals surface area contributed by atoms with Crippen LogP contribution in [0.2, 0.25) is 5.02 Å². The summed E-state index contributed by atoms with van der Waals surface area (Å²) >= 11 is 5.87. The van der Waals surface area contributed by atoms with E-state index in [1.165, 1.54) is 0 Å². The summed E-state index contributed by atoms with van der Waals surface area (Å²) in [6.45, 7) is 1.83. The first kappa shape index (κ1) is 18.9. The van der Waals surface area contributed by atoms with Gasteiger partial charge in [0.25, 0.3) is 5.89 Å². The lowest BCUT2D eigenvalue weighted by molar-refractivity contribution is 0.103. The molecule has 4 aromatic rings. The fourth-order valence-electron chi connectivity index (χ4n) is 2.80. The largest absolute Gasteiger partial charge is 0.481 e. The van der Waals surface area contributed by atoms with E-state index in [9.17, 15) is 4.79 Å². The Balaban J connectivity index is 1.44. The maximum Gasteiger partial charge on any atom is 0.257 e. The van der Waals surface area contributed by atoms with E-state index < -0.39 is 6.10 Å². The predicted octanol–water partition coefficient (Wildman–Crippen LogP) is 5.76. The first-order valence-corrected chi connectivity index (χ1v) is 9.44. The molecule has 0 saturated carbocycles. The van der Waals surface area contributed by atoms with Gasteiger partial charge in [-0.1, -0.05) is 29.8 Å². The molecular formula is C23H17ClN2O3. The molecule has 0 saturated heterocycles. The second-order valence-corrected chi connectivity index (χ2v) is 6.87. The number of hydrogen-bond donors (Lipinski definition) is 0. The van der Waals surface area contributed by atoms with Crippen LogP contribution in [0.25, 0.3) is 11.5 Å². The number of carbonyl (C=O) groups is 1. The third-order valence-electron chi connectivity index (χ3n) is 4.34. The quantitative estimate of drug-likeness (QED) is 0.382. The normalized spacial score (nSPS) is 11.8. The van der Waals surface area contributed by atoms with Gasteiger partial charge in [0, 0.05) is 21.7 Å². The highest BCUT2D eigenvalue weighted by atomic mass is 35.5. The minimum atomic E-state index is -0.433. The molecule has 144 valence electrons. The van der Waals surface area contributed by atoms with Gasteiger partial charge in [-0.25, -0.2) is 0 Å². The Morgan fingerprint density at radius 3 is 2.17 bits per heavy atom. The van der Waals surface area contributed by atoms with E-state index in [1.54, 1.807) is 48.5 Å². The van der Waals surface area contributed by atoms with Gasteiger partial charge in [0.1, 0.15) is 5.75 Å². The minimum absolute atomic E-state index is 0.0781. The first-order valence-electron chi connectivity index (χ1n) is 9.06. The number of ether oxygens (including phenoxy) is 1. The summed E-state index contributed by atoms with van der Waals surface area (Å²) in [4.78, 5) is 12.5. The molecule has 0 bridgehead atoms. The number of carbonyl (C=O) groups excluding carboxylic acids is 1. The van der Waals surface area contributed by atoms with Gasteiger partial charge in [0.15, 0.2) is 11.9 Å². The van der Waals surface area contributed by atoms with E-state index in [0.717, 1.165) is 5.56 Å². The molecule has 6 heteroatoms. The molecule has 1 heterocycles. The Morgan fingerprint density at radius 2 is 1.52 bits per heavy atom. The molecule has 0 radical (unpaired) electrons. The lowest BCUT2D eigenvalue weighted by atomic mass is 10.0. The van der Waals surface area contributed by atoms with Crippen LogP contribution in [0.1, 0.15) is 34.8 Å². The molecule has 1 atom stereocenters. The molecule has 0 amide bonds. The highest BCUT2D eigenvalue weighted by molar-refractivity contribution is 6.30. The van der Waals surface area contributed by atoms with Crippen molar-refractivity contribution in [2.75, 3.05) is 0 Å². The van der Waals surface area contributed by atoms with Gasteiger partial charge in [0.05, 0.1) is 0 Å². The van der Waals surface area contributed by atoms with Crippen LogP contribution in [-0.2, 0) is 0 Å². The Kier molecular flexibility index (Phi) is 5.40. The van der Waals surface area contributed by atoms with Crippen LogP contribution in [0.4, 0.5) is 0 Å². The topological polar surface area (TPSA) is 65.2 Å². The first-order chi connectivity index (χ1) is 14.1. The second-order valence-electron chi connectivity index (χ2n) is 6.43. The maximum atomic E-state index is 12.5. The van der Waals surface area contributed by atoms with Crippen molar-refractivity contribution in [3.63, 3.8) is 0 Å². The van der Waals surface area contributed by atoms with Crippen LogP contribution >= 0.6 is 11.6 Å². The summed E-state index contributed by atoms with van der Waals surface area (Å²) in [7, 11) is 0. The molecular weight excluding hydrogens is 388 g/mol. The lowest BCUT2D eigenvalue weighted by Crippen LogP contribution is -2.04. The van der Waals surface area contributed by atoms with Crippen molar-refractivity contribution in [1.29, 1.82) is 0 Å². The lowest BCUT2D eigenvalue weighted by Gasteiger charge is -2.11. The van der Waals surface area contributed by atoms with Crippen LogP contribution in [0.5, 0.6) is 5.75 Å². The number of ketones is 1. The third kappa shape index (κ3) is 4.36. The fourth-order valence-corrected chi connectivity index (χ4v) is 2.93. The molecule has 0 aliphatic heterocycles. The molecule has 0 aliphatic rings. The SMILES string of the molecule is C[C@@H](Oc1ccc(C(=O)c2ccc(Cl)cc2)cc1)c1nnc(-c2ccccc2)o1. The van der Waals surface area contributed by atoms with Gasteiger partial charge < -0.3 is 9.15 Å². The molecule has 0 aliphatic carbocycles. The zero-order chi connectivity index (χ0) is 20.2. The van der Waals surface area contributed by atoms with E-state index >= 15 is 0 Å². The monoisotopic (exact) mass is 404 g/mol. The number of halogens is 1. The van der Waals surface area contributed by atoms with E-state index in [-0.39, 0.29) is 5.78 Å². The van der Waals surface area contributed by atoms with Crippen LogP contribution in [0, 0.1) is 0 Å². The van der Waals surface area contributed by atoms with Gasteiger partial charge in [-0.2, -0.15) is 0 Å². The van der Waals surface area contributed by atoms with E-state index in [2.05, 4.69) is 10.2 Å². The van der Waals surface area contributed by atoms with Crippen molar-refractivity contribution in [3.8, 4) is 17.2 Å². The summed E-state index contributed by atoms with van der Waals surface area (Å²) in [6.07, 6.45) is -0.433. The molecule has 0 spiro atoms. The predicted molar refractivity (Wildman–Crippen MR) is 110 cm³/mol. The molecule has 0 N–H and O–H groups in total. The summed E-state index contributed by atoms with van der Waals surface area (Å²) in [5.74, 6) is 1.35. The van der Waals surface area contributed by atoms with Gasteiger partial charge in [-0.3, -0.25) is 4.79 Å². The van der Waals surface area contributed by atoms with Gasteiger partial charge in [-0.05, 0) is 67.6 Å². The number of aromatic nitrogens is 2. The zero-order valence-corrected chi connectivity index (χ0v) is 16.3. The average molecular weight is 405 g/mol. The Labute approximate surface area is 172 Å². The van der Waals surface area contributed by atoms with Crippen molar-refractivity contribution in [1.82, 2.24) is 10.2 Å². The minimum Gasteiger partial charge on any atom is -0.481 e. The second kappa shape index (κ2) is 8.29. The molecule has 5 nitrogen and oxygen atoms in total. The fraction of sp³-hybridized carbons (Fsp3) is 0.0870. The summed E-state index contributed by atoms with van der Waals surface area (Å²) < 4.78 is 11.6. The Hall–Kier alpha value is -3.44. The summed E-state index contributed by atoms with van der Waals surface area (Å²) in [6, 6.07) is 23.3. The van der Waals surface area contributed by atoms with Crippen molar-refractivity contribution in [3.05, 3.63) is 101 Å². The molecule has 0 unspecified atom stereocenters. The van der Waals surface area contributed by atoms with E-state index in [1.807, 2.05) is 37.3 Å². The average Bonchev–Trinajstić information content (AvgIpc) is 3.26. The van der Waals surface area contributed by atoms with Crippen LogP contribution in [0.15, 0.2) is 83.3 Å². The molecule has 4 rings (SSSR count). The maximum absolute atomic E-state index is 12.5. The zero-order valence-electron chi connectivity index (χ0n) is 15.6. The molecule has 0 fully saturated rings. The van der Waals surface area contributed by atoms with Crippen molar-refractivity contribution < 1.29 is 13.9 Å². The van der Waals surface area contributed by atoms with Crippen molar-refractivity contribution in [2.24, 2.45) is 0 Å². The highest BCUT2D eigenvalue weighted by Gasteiger charge is 2.17. The molecule has 29 heavy (non-hydrogen) atoms. The number of rotatable bonds is 6. The van der Waals surface area contributed by atoms with E-state index in [4.69, 9.17) is 20.8 Å². The van der Waals surface area contributed by atoms with Crippen molar-refractivity contribution in [2.45, 2.75) is 13.0 Å². The smallest absolute Gasteiger partial charge is 0.257 e. The van der Waals surface area contributed by atoms with Crippen LogP contribution < -0.4 is 4.74 Å². The number of nitrogens with zero attached hydrogens (tertiary/aromatic N) is 2. The van der Waals surface area contributed by atoms with Crippen LogP contribution in [-0.4, -0.2) is 16.0 Å². The van der Waals surface area contributed by atoms with Gasteiger partial charge in [-0.15, -0.1) is 10.2 Å². The number of hydrogen-bond acceptors (Lipinski definition) is 5. The molecule has 3 aromatic carbocycles. The Bertz CT molecular complexity index is 1110. The third-order valence-corrected chi connectivity index (χ3v) is 4.60. The molecule has 1 aromatic heterocycles. The Morgan fingerprint density at radius 1 is 0.897 bits per heavy atom. The van der Waals surface area contributed by atoms with Crippen molar-refractivity contribution >= 4 is 17.4 Å². The highest BCUT2D eigenvalue weighted by Crippen LogP contribution is 2.25.